The van der Waals surface area contributed by atoms with E-state index in [4.69, 9.17) is 28.4 Å². The first-order chi connectivity index (χ1) is 27.6. The number of benzene rings is 2. The van der Waals surface area contributed by atoms with E-state index >= 15 is 0 Å². The monoisotopic (exact) mass is 812 g/mol. The van der Waals surface area contributed by atoms with E-state index in [0.717, 1.165) is 0 Å². The number of esters is 2. The van der Waals surface area contributed by atoms with E-state index in [1.54, 1.807) is 87.5 Å². The maximum Gasteiger partial charge on any atom is 0.338 e. The standard InChI is InChI=1S/C41H52N2O15/c1-41(2,3)58-32(46)13-12-28(20-44)43-38(51)25-10-5-8-24(16-25)19-42-37(50)27-17-29-36(55-22-54-29)30(18-27)56-39(52)26-11-4-7-23(15-26)9-6-14-53-40-35(49)34(48)33(47)31(21-45)57-40/h4-11,15-17,28-31,33-36,40,44-45,47-49H,12-14,18-22H2,1-3H3,(H,42,50)(H,43,51)/t28-,29+,30+,31+,33-,34-,35+,36+,40-/m0/s1. The van der Waals surface area contributed by atoms with E-state index in [-0.39, 0.29) is 51.4 Å². The highest BCUT2D eigenvalue weighted by Gasteiger charge is 2.44. The first-order valence-corrected chi connectivity index (χ1v) is 19.0. The Morgan fingerprint density at radius 3 is 2.45 bits per heavy atom. The zero-order valence-corrected chi connectivity index (χ0v) is 32.5. The van der Waals surface area contributed by atoms with Crippen molar-refractivity contribution in [3.05, 3.63) is 88.5 Å². The fourth-order valence-electron chi connectivity index (χ4n) is 6.52. The van der Waals surface area contributed by atoms with Crippen molar-refractivity contribution in [1.82, 2.24) is 10.6 Å². The highest BCUT2D eigenvalue weighted by Crippen LogP contribution is 2.31. The van der Waals surface area contributed by atoms with Gasteiger partial charge in [0, 0.05) is 30.5 Å². The summed E-state index contributed by atoms with van der Waals surface area (Å²) in [5, 5.41) is 54.8. The quantitative estimate of drug-likeness (QED) is 0.115. The van der Waals surface area contributed by atoms with E-state index in [0.29, 0.717) is 22.3 Å². The number of amides is 2. The zero-order chi connectivity index (χ0) is 42.0. The van der Waals surface area contributed by atoms with Crippen molar-refractivity contribution in [2.45, 2.75) is 107 Å². The maximum atomic E-state index is 13.4. The van der Waals surface area contributed by atoms with Crippen molar-refractivity contribution in [3.63, 3.8) is 0 Å². The molecule has 0 bridgehead atoms. The minimum atomic E-state index is -1.56. The zero-order valence-electron chi connectivity index (χ0n) is 32.5. The minimum Gasteiger partial charge on any atom is -0.460 e. The molecule has 58 heavy (non-hydrogen) atoms. The van der Waals surface area contributed by atoms with Crippen molar-refractivity contribution in [2.24, 2.45) is 0 Å². The van der Waals surface area contributed by atoms with Crippen molar-refractivity contribution in [3.8, 4) is 0 Å². The van der Waals surface area contributed by atoms with Crippen molar-refractivity contribution in [1.29, 1.82) is 0 Å². The average molecular weight is 813 g/mol. The van der Waals surface area contributed by atoms with Crippen LogP contribution in [0.5, 0.6) is 0 Å². The topological polar surface area (TPSA) is 249 Å². The van der Waals surface area contributed by atoms with E-state index in [9.17, 15) is 44.7 Å². The summed E-state index contributed by atoms with van der Waals surface area (Å²) in [7, 11) is 0. The molecule has 2 aliphatic heterocycles. The van der Waals surface area contributed by atoms with Gasteiger partial charge < -0.3 is 64.6 Å². The summed E-state index contributed by atoms with van der Waals surface area (Å²) in [5.74, 6) is -1.97. The number of ether oxygens (including phenoxy) is 6. The Kier molecular flexibility index (Phi) is 15.7. The number of hydrogen-bond acceptors (Lipinski definition) is 15. The van der Waals surface area contributed by atoms with Crippen LogP contribution in [-0.4, -0.2) is 137 Å². The molecule has 9 atom stereocenters. The lowest BCUT2D eigenvalue weighted by molar-refractivity contribution is -0.298. The van der Waals surface area contributed by atoms with Crippen LogP contribution in [-0.2, 0) is 44.6 Å². The first kappa shape index (κ1) is 44.5. The van der Waals surface area contributed by atoms with Gasteiger partial charge in [0.15, 0.2) is 6.29 Å². The molecule has 2 heterocycles. The largest absolute Gasteiger partial charge is 0.460 e. The lowest BCUT2D eigenvalue weighted by atomic mass is 9.91. The van der Waals surface area contributed by atoms with Crippen LogP contribution < -0.4 is 10.6 Å². The Balaban J connectivity index is 1.13. The summed E-state index contributed by atoms with van der Waals surface area (Å²) in [6, 6.07) is 12.5. The molecule has 2 fully saturated rings. The molecule has 2 amide bonds. The van der Waals surface area contributed by atoms with Gasteiger partial charge in [-0.1, -0.05) is 36.4 Å². The summed E-state index contributed by atoms with van der Waals surface area (Å²) in [6.45, 7) is 4.28. The number of aliphatic hydroxyl groups excluding tert-OH is 5. The van der Waals surface area contributed by atoms with Crippen LogP contribution in [0.15, 0.2) is 66.3 Å². The second kappa shape index (κ2) is 20.4. The molecule has 2 aromatic carbocycles. The number of aliphatic hydroxyl groups is 5. The molecule has 7 N–H and O–H groups in total. The molecule has 17 nitrogen and oxygen atoms in total. The van der Waals surface area contributed by atoms with Crippen LogP contribution in [0.2, 0.25) is 0 Å². The van der Waals surface area contributed by atoms with Gasteiger partial charge in [-0.25, -0.2) is 4.79 Å². The molecular formula is C41H52N2O15. The number of nitrogens with one attached hydrogen (secondary N) is 2. The van der Waals surface area contributed by atoms with Crippen LogP contribution >= 0.6 is 0 Å². The Bertz CT molecular complexity index is 1810. The molecule has 1 aliphatic carbocycles. The summed E-state index contributed by atoms with van der Waals surface area (Å²) >= 11 is 0. The van der Waals surface area contributed by atoms with E-state index in [1.165, 1.54) is 0 Å². The third kappa shape index (κ3) is 12.2. The van der Waals surface area contributed by atoms with Crippen LogP contribution in [0.4, 0.5) is 0 Å². The minimum absolute atomic E-state index is 0.0199. The smallest absolute Gasteiger partial charge is 0.338 e. The van der Waals surface area contributed by atoms with Gasteiger partial charge in [0.2, 0.25) is 5.91 Å². The van der Waals surface area contributed by atoms with Gasteiger partial charge in [0.1, 0.15) is 55.1 Å². The first-order valence-electron chi connectivity index (χ1n) is 19.0. The molecule has 0 radical (unpaired) electrons. The summed E-state index contributed by atoms with van der Waals surface area (Å²) < 4.78 is 33.3. The molecule has 2 saturated heterocycles. The Hall–Kier alpha value is -4.56. The second-order valence-corrected chi connectivity index (χ2v) is 15.1. The molecule has 17 heteroatoms. The van der Waals surface area contributed by atoms with Crippen LogP contribution in [0.25, 0.3) is 6.08 Å². The Morgan fingerprint density at radius 2 is 1.71 bits per heavy atom. The molecule has 3 aliphatic rings. The van der Waals surface area contributed by atoms with Gasteiger partial charge >= 0.3 is 11.9 Å². The average Bonchev–Trinajstić information content (AvgIpc) is 3.69. The second-order valence-electron chi connectivity index (χ2n) is 15.1. The van der Waals surface area contributed by atoms with E-state index < -0.39 is 91.0 Å². The Labute approximate surface area is 335 Å². The summed E-state index contributed by atoms with van der Waals surface area (Å²) in [4.78, 5) is 51.8. The Morgan fingerprint density at radius 1 is 0.948 bits per heavy atom. The third-order valence-electron chi connectivity index (χ3n) is 9.50. The number of carbonyl (C=O) groups excluding carboxylic acids is 4. The van der Waals surface area contributed by atoms with Crippen LogP contribution in [0.3, 0.4) is 0 Å². The lowest BCUT2D eigenvalue weighted by Gasteiger charge is -2.39. The fraction of sp³-hybridized carbons (Fsp3) is 0.512. The van der Waals surface area contributed by atoms with E-state index in [2.05, 4.69) is 10.6 Å². The van der Waals surface area contributed by atoms with Gasteiger partial charge in [-0.2, -0.15) is 0 Å². The fourth-order valence-corrected chi connectivity index (χ4v) is 6.52. The molecule has 0 unspecified atom stereocenters. The van der Waals surface area contributed by atoms with Gasteiger partial charge in [0.05, 0.1) is 31.4 Å². The summed E-state index contributed by atoms with van der Waals surface area (Å²) in [6.07, 6.45) is -3.95. The van der Waals surface area contributed by atoms with Gasteiger partial charge in [-0.15, -0.1) is 0 Å². The van der Waals surface area contributed by atoms with Crippen LogP contribution in [0.1, 0.15) is 71.9 Å². The van der Waals surface area contributed by atoms with Crippen molar-refractivity contribution < 1.29 is 73.1 Å². The maximum absolute atomic E-state index is 13.4. The van der Waals surface area contributed by atoms with Gasteiger partial charge in [0.25, 0.3) is 5.91 Å². The van der Waals surface area contributed by atoms with Crippen LogP contribution in [0, 0.1) is 0 Å². The van der Waals surface area contributed by atoms with Crippen molar-refractivity contribution in [2.75, 3.05) is 26.6 Å². The number of hydrogen-bond donors (Lipinski definition) is 7. The van der Waals surface area contributed by atoms with E-state index in [1.807, 2.05) is 0 Å². The molecule has 2 aromatic rings. The number of fused-ring (bicyclic) bond motifs is 1. The number of rotatable bonds is 16. The number of carbonyl (C=O) groups is 4. The predicted octanol–water partition coefficient (Wildman–Crippen LogP) is 0.642. The molecule has 5 rings (SSSR count). The van der Waals surface area contributed by atoms with Gasteiger partial charge in [-0.05, 0) is 68.7 Å². The molecule has 316 valence electrons. The third-order valence-corrected chi connectivity index (χ3v) is 9.50. The van der Waals surface area contributed by atoms with Crippen molar-refractivity contribution >= 4 is 29.8 Å². The SMILES string of the molecule is CC(C)(C)OC(=O)CC[C@@H](CO)NC(=O)c1cccc(CNC(=O)C2=C[C@H]3OCO[C@H]3[C@H](OC(=O)c3cccc(C=CCO[C@H]4O[C@H](CO)[C@H](O)[C@H](O)[C@H]4O)c3)C2)c1. The molecule has 0 spiro atoms. The highest BCUT2D eigenvalue weighted by molar-refractivity contribution is 5.95. The highest BCUT2D eigenvalue weighted by atomic mass is 16.7. The molecule has 0 aromatic heterocycles. The molecule has 0 saturated carbocycles. The lowest BCUT2D eigenvalue weighted by Crippen LogP contribution is -2.59. The predicted molar refractivity (Wildman–Crippen MR) is 203 cm³/mol. The normalized spacial score (nSPS) is 26.3. The molecular weight excluding hydrogens is 760 g/mol. The van der Waals surface area contributed by atoms with Gasteiger partial charge in [-0.3, -0.25) is 14.4 Å². The summed E-state index contributed by atoms with van der Waals surface area (Å²) in [5.41, 5.74) is 1.44.